The maximum absolute atomic E-state index is 8.73. The molecule has 1 N–H and O–H groups in total. The molecule has 1 aliphatic rings. The van der Waals surface area contributed by atoms with E-state index < -0.39 is 0 Å². The molecular weight excluding hydrogens is 334 g/mol. The third kappa shape index (κ3) is 3.17. The Hall–Kier alpha value is -2.04. The first kappa shape index (κ1) is 13.9. The Morgan fingerprint density at radius 3 is 2.90 bits per heavy atom. The summed E-state index contributed by atoms with van der Waals surface area (Å²) in [6.45, 7) is 0.679. The quantitative estimate of drug-likeness (QED) is 0.919. The topological polar surface area (TPSA) is 83.7 Å². The Morgan fingerprint density at radius 1 is 1.29 bits per heavy atom. The zero-order valence-electron chi connectivity index (χ0n) is 11.0. The van der Waals surface area contributed by atoms with Gasteiger partial charge in [-0.3, -0.25) is 4.98 Å². The molecule has 106 valence electrons. The summed E-state index contributed by atoms with van der Waals surface area (Å²) in [7, 11) is 0. The van der Waals surface area contributed by atoms with Crippen LogP contribution in [0.15, 0.2) is 35.3 Å². The number of nitrogens with zero attached hydrogens (tertiary/aromatic N) is 4. The van der Waals surface area contributed by atoms with Gasteiger partial charge in [0, 0.05) is 29.0 Å². The molecule has 0 spiro atoms. The highest BCUT2D eigenvalue weighted by atomic mass is 79.9. The fourth-order valence-corrected chi connectivity index (χ4v) is 2.68. The van der Waals surface area contributed by atoms with Crippen LogP contribution in [0.5, 0.6) is 0 Å². The van der Waals surface area contributed by atoms with Crippen molar-refractivity contribution in [3.05, 3.63) is 46.6 Å². The van der Waals surface area contributed by atoms with Crippen molar-refractivity contribution in [2.75, 3.05) is 11.9 Å². The zero-order chi connectivity index (χ0) is 14.7. The van der Waals surface area contributed by atoms with Crippen molar-refractivity contribution in [1.82, 2.24) is 15.0 Å². The highest BCUT2D eigenvalue weighted by Gasteiger charge is 2.30. The molecule has 3 rings (SSSR count). The van der Waals surface area contributed by atoms with E-state index in [9.17, 15) is 0 Å². The molecule has 1 saturated heterocycles. The van der Waals surface area contributed by atoms with Gasteiger partial charge in [0.25, 0.3) is 0 Å². The molecule has 3 heterocycles. The van der Waals surface area contributed by atoms with Crippen LogP contribution < -0.4 is 5.32 Å². The first-order valence-corrected chi connectivity index (χ1v) is 7.26. The fourth-order valence-electron chi connectivity index (χ4n) is 2.30. The third-order valence-corrected chi connectivity index (χ3v) is 3.68. The molecule has 0 saturated carbocycles. The molecule has 0 bridgehead atoms. The van der Waals surface area contributed by atoms with E-state index in [-0.39, 0.29) is 12.1 Å². The van der Waals surface area contributed by atoms with Gasteiger partial charge in [-0.15, -0.1) is 0 Å². The van der Waals surface area contributed by atoms with E-state index in [1.807, 2.05) is 12.1 Å². The van der Waals surface area contributed by atoms with Crippen LogP contribution in [0.2, 0.25) is 0 Å². The first-order chi connectivity index (χ1) is 10.3. The monoisotopic (exact) mass is 345 g/mol. The number of halogens is 1. The van der Waals surface area contributed by atoms with Gasteiger partial charge in [0.15, 0.2) is 5.69 Å². The summed E-state index contributed by atoms with van der Waals surface area (Å²) in [6.07, 6.45) is 7.36. The normalized spacial score (nSPS) is 21.0. The number of aromatic nitrogens is 3. The number of nitrogens with one attached hydrogen (secondary N) is 1. The van der Waals surface area contributed by atoms with Crippen LogP contribution in [-0.2, 0) is 4.74 Å². The van der Waals surface area contributed by atoms with Crippen LogP contribution in [0.1, 0.15) is 23.8 Å². The highest BCUT2D eigenvalue weighted by molar-refractivity contribution is 9.10. The highest BCUT2D eigenvalue weighted by Crippen LogP contribution is 2.31. The minimum absolute atomic E-state index is 0.0764. The van der Waals surface area contributed by atoms with E-state index >= 15 is 0 Å². The predicted octanol–water partition coefficient (Wildman–Crippen LogP) is 2.45. The van der Waals surface area contributed by atoms with Gasteiger partial charge in [-0.2, -0.15) is 5.26 Å². The van der Waals surface area contributed by atoms with Crippen molar-refractivity contribution in [2.45, 2.75) is 18.6 Å². The van der Waals surface area contributed by atoms with Crippen LogP contribution in [0, 0.1) is 11.3 Å². The Labute approximate surface area is 130 Å². The average molecular weight is 346 g/mol. The molecule has 0 unspecified atom stereocenters. The van der Waals surface area contributed by atoms with E-state index in [1.165, 1.54) is 6.20 Å². The summed E-state index contributed by atoms with van der Waals surface area (Å²) < 4.78 is 6.72. The van der Waals surface area contributed by atoms with Crippen molar-refractivity contribution in [2.24, 2.45) is 0 Å². The van der Waals surface area contributed by atoms with Gasteiger partial charge in [-0.25, -0.2) is 9.97 Å². The van der Waals surface area contributed by atoms with Crippen molar-refractivity contribution < 1.29 is 4.74 Å². The van der Waals surface area contributed by atoms with Crippen molar-refractivity contribution >= 4 is 21.7 Å². The zero-order valence-corrected chi connectivity index (χ0v) is 12.6. The van der Waals surface area contributed by atoms with Gasteiger partial charge in [-0.05, 0) is 28.4 Å². The van der Waals surface area contributed by atoms with E-state index in [0.29, 0.717) is 18.1 Å². The largest absolute Gasteiger partial charge is 0.371 e. The SMILES string of the molecule is N#Cc1cnc(N[C@H]2CCO[C@@H]2c2cncc(Br)c2)cn1. The lowest BCUT2D eigenvalue weighted by Gasteiger charge is -2.20. The number of hydrogen-bond acceptors (Lipinski definition) is 6. The second-order valence-corrected chi connectivity index (χ2v) is 5.58. The molecule has 2 atom stereocenters. The lowest BCUT2D eigenvalue weighted by Crippen LogP contribution is -2.24. The van der Waals surface area contributed by atoms with Crippen LogP contribution in [0.25, 0.3) is 0 Å². The van der Waals surface area contributed by atoms with Crippen LogP contribution in [0.3, 0.4) is 0 Å². The second kappa shape index (κ2) is 6.16. The lowest BCUT2D eigenvalue weighted by atomic mass is 10.0. The molecule has 1 fully saturated rings. The van der Waals surface area contributed by atoms with Gasteiger partial charge in [0.05, 0.1) is 18.4 Å². The smallest absolute Gasteiger partial charge is 0.158 e. The average Bonchev–Trinajstić information content (AvgIpc) is 2.96. The molecule has 1 aliphatic heterocycles. The minimum Gasteiger partial charge on any atom is -0.371 e. The number of ether oxygens (including phenoxy) is 1. The Bertz CT molecular complexity index is 670. The molecule has 0 radical (unpaired) electrons. The Kier molecular flexibility index (Phi) is 4.08. The Morgan fingerprint density at radius 2 is 2.19 bits per heavy atom. The first-order valence-electron chi connectivity index (χ1n) is 6.47. The van der Waals surface area contributed by atoms with E-state index in [1.54, 1.807) is 18.6 Å². The summed E-state index contributed by atoms with van der Waals surface area (Å²) in [4.78, 5) is 12.4. The molecule has 2 aromatic rings. The molecule has 21 heavy (non-hydrogen) atoms. The molecule has 6 nitrogen and oxygen atoms in total. The summed E-state index contributed by atoms with van der Waals surface area (Å²) in [5, 5.41) is 12.0. The minimum atomic E-state index is -0.0764. The van der Waals surface area contributed by atoms with Crippen molar-refractivity contribution in [3.8, 4) is 6.07 Å². The third-order valence-electron chi connectivity index (χ3n) is 3.25. The molecule has 0 aromatic carbocycles. The predicted molar refractivity (Wildman–Crippen MR) is 79.4 cm³/mol. The maximum Gasteiger partial charge on any atom is 0.158 e. The van der Waals surface area contributed by atoms with Gasteiger partial charge < -0.3 is 10.1 Å². The van der Waals surface area contributed by atoms with Crippen LogP contribution >= 0.6 is 15.9 Å². The summed E-state index contributed by atoms with van der Waals surface area (Å²) >= 11 is 3.42. The number of nitriles is 1. The molecule has 0 amide bonds. The van der Waals surface area contributed by atoms with Crippen molar-refractivity contribution in [1.29, 1.82) is 5.26 Å². The molecular formula is C14H12BrN5O. The number of rotatable bonds is 3. The number of hydrogen-bond donors (Lipinski definition) is 1. The van der Waals surface area contributed by atoms with Gasteiger partial charge in [-0.1, -0.05) is 0 Å². The summed E-state index contributed by atoms with van der Waals surface area (Å²) in [5.41, 5.74) is 1.32. The maximum atomic E-state index is 8.73. The molecule has 7 heteroatoms. The standard InChI is InChI=1S/C14H12BrN5O/c15-10-3-9(5-17-6-10)14-12(1-2-21-14)20-13-8-18-11(4-16)7-19-13/h3,5-8,12,14H,1-2H2,(H,19,20)/t12-,14+/m0/s1. The lowest BCUT2D eigenvalue weighted by molar-refractivity contribution is 0.107. The van der Waals surface area contributed by atoms with Crippen molar-refractivity contribution in [3.63, 3.8) is 0 Å². The van der Waals surface area contributed by atoms with Gasteiger partial charge >= 0.3 is 0 Å². The number of anilines is 1. The number of pyridine rings is 1. The fraction of sp³-hybridized carbons (Fsp3) is 0.286. The van der Waals surface area contributed by atoms with E-state index in [2.05, 4.69) is 36.2 Å². The summed E-state index contributed by atoms with van der Waals surface area (Å²) in [6, 6.07) is 4.05. The van der Waals surface area contributed by atoms with Crippen LogP contribution in [0.4, 0.5) is 5.82 Å². The van der Waals surface area contributed by atoms with Crippen LogP contribution in [-0.4, -0.2) is 27.6 Å². The van der Waals surface area contributed by atoms with E-state index in [0.717, 1.165) is 16.5 Å². The molecule has 0 aliphatic carbocycles. The summed E-state index contributed by atoms with van der Waals surface area (Å²) in [5.74, 6) is 0.637. The Balaban J connectivity index is 1.76. The van der Waals surface area contributed by atoms with E-state index in [4.69, 9.17) is 10.00 Å². The molecule has 2 aromatic heterocycles. The second-order valence-electron chi connectivity index (χ2n) is 4.67. The van der Waals surface area contributed by atoms with Gasteiger partial charge in [0.1, 0.15) is 18.0 Å². The van der Waals surface area contributed by atoms with Gasteiger partial charge in [0.2, 0.25) is 0 Å².